The average Bonchev–Trinajstić information content (AvgIpc) is 2.82. The van der Waals surface area contributed by atoms with E-state index in [1.807, 2.05) is 0 Å². The SMILES string of the molecule is COc1ccc(/C=N\NC(=O)CC23CC4CC(CC(C4)C2)C3)cc1COc1c(F)c(F)cc(F)c1F. The second kappa shape index (κ2) is 9.75. The maximum absolute atomic E-state index is 13.9. The Balaban J connectivity index is 1.22. The van der Waals surface area contributed by atoms with E-state index in [1.54, 1.807) is 18.2 Å². The largest absolute Gasteiger partial charge is 0.496 e. The molecule has 0 saturated heterocycles. The smallest absolute Gasteiger partial charge is 0.240 e. The summed E-state index contributed by atoms with van der Waals surface area (Å²) in [6.45, 7) is -0.417. The molecule has 6 rings (SSSR count). The summed E-state index contributed by atoms with van der Waals surface area (Å²) in [6.07, 6.45) is 9.28. The van der Waals surface area contributed by atoms with Gasteiger partial charge in [-0.1, -0.05) is 0 Å². The molecule has 2 aromatic rings. The first kappa shape index (κ1) is 24.6. The second-order valence-electron chi connectivity index (χ2n) is 10.5. The molecule has 2 aromatic carbocycles. The van der Waals surface area contributed by atoms with E-state index in [0.717, 1.165) is 37.0 Å². The third-order valence-corrected chi connectivity index (χ3v) is 7.85. The molecule has 0 spiro atoms. The zero-order valence-corrected chi connectivity index (χ0v) is 20.0. The van der Waals surface area contributed by atoms with Crippen molar-refractivity contribution in [3.05, 3.63) is 58.7 Å². The number of benzene rings is 2. The Morgan fingerprint density at radius 1 is 1.03 bits per heavy atom. The van der Waals surface area contributed by atoms with Crippen LogP contribution in [-0.2, 0) is 11.4 Å². The monoisotopic (exact) mass is 504 g/mol. The van der Waals surface area contributed by atoms with Gasteiger partial charge in [0.2, 0.25) is 17.5 Å². The van der Waals surface area contributed by atoms with Crippen LogP contribution in [0.5, 0.6) is 11.5 Å². The highest BCUT2D eigenvalue weighted by Gasteiger charge is 2.51. The van der Waals surface area contributed by atoms with E-state index in [4.69, 9.17) is 9.47 Å². The van der Waals surface area contributed by atoms with Gasteiger partial charge in [0.1, 0.15) is 12.4 Å². The number of hydrogen-bond donors (Lipinski definition) is 1. The molecule has 36 heavy (non-hydrogen) atoms. The number of carbonyl (C=O) groups excluding carboxylic acids is 1. The third-order valence-electron chi connectivity index (χ3n) is 7.85. The fourth-order valence-corrected chi connectivity index (χ4v) is 6.88. The van der Waals surface area contributed by atoms with Gasteiger partial charge in [0.05, 0.1) is 13.3 Å². The van der Waals surface area contributed by atoms with Gasteiger partial charge < -0.3 is 9.47 Å². The van der Waals surface area contributed by atoms with Crippen LogP contribution in [0.25, 0.3) is 0 Å². The number of methoxy groups -OCH3 is 1. The van der Waals surface area contributed by atoms with Crippen LogP contribution in [0.3, 0.4) is 0 Å². The van der Waals surface area contributed by atoms with Gasteiger partial charge in [-0.25, -0.2) is 14.2 Å². The van der Waals surface area contributed by atoms with Gasteiger partial charge in [-0.05, 0) is 85.5 Å². The van der Waals surface area contributed by atoms with Gasteiger partial charge in [0.15, 0.2) is 17.4 Å². The highest BCUT2D eigenvalue weighted by Crippen LogP contribution is 2.61. The van der Waals surface area contributed by atoms with Crippen molar-refractivity contribution in [3.63, 3.8) is 0 Å². The van der Waals surface area contributed by atoms with Gasteiger partial charge in [-0.15, -0.1) is 0 Å². The summed E-state index contributed by atoms with van der Waals surface area (Å²) in [5, 5.41) is 4.08. The molecule has 0 radical (unpaired) electrons. The summed E-state index contributed by atoms with van der Waals surface area (Å²) >= 11 is 0. The Morgan fingerprint density at radius 2 is 1.64 bits per heavy atom. The molecule has 0 unspecified atom stereocenters. The number of hydrogen-bond acceptors (Lipinski definition) is 4. The van der Waals surface area contributed by atoms with Crippen molar-refractivity contribution < 1.29 is 31.8 Å². The molecule has 0 atom stereocenters. The summed E-state index contributed by atoms with van der Waals surface area (Å²) in [6, 6.07) is 4.97. The lowest BCUT2D eigenvalue weighted by Crippen LogP contribution is -2.47. The minimum absolute atomic E-state index is 0.107. The zero-order chi connectivity index (χ0) is 25.4. The van der Waals surface area contributed by atoms with Crippen molar-refractivity contribution >= 4 is 12.1 Å². The lowest BCUT2D eigenvalue weighted by atomic mass is 9.49. The van der Waals surface area contributed by atoms with Crippen molar-refractivity contribution in [2.75, 3.05) is 7.11 Å². The molecule has 4 fully saturated rings. The second-order valence-corrected chi connectivity index (χ2v) is 10.5. The van der Waals surface area contributed by atoms with E-state index in [9.17, 15) is 22.4 Å². The first-order valence-corrected chi connectivity index (χ1v) is 12.2. The normalized spacial score (nSPS) is 26.4. The average molecular weight is 505 g/mol. The van der Waals surface area contributed by atoms with E-state index in [-0.39, 0.29) is 17.4 Å². The summed E-state index contributed by atoms with van der Waals surface area (Å²) in [4.78, 5) is 12.7. The zero-order valence-electron chi connectivity index (χ0n) is 20.0. The Morgan fingerprint density at radius 3 is 2.22 bits per heavy atom. The maximum atomic E-state index is 13.9. The molecular weight excluding hydrogens is 476 g/mol. The number of nitrogens with one attached hydrogen (secondary N) is 1. The van der Waals surface area contributed by atoms with E-state index < -0.39 is 35.6 Å². The Bertz CT molecular complexity index is 1140. The lowest BCUT2D eigenvalue weighted by molar-refractivity contribution is -0.129. The van der Waals surface area contributed by atoms with E-state index >= 15 is 0 Å². The number of ether oxygens (including phenoxy) is 2. The molecule has 4 aliphatic carbocycles. The fraction of sp³-hybridized carbons (Fsp3) is 0.481. The highest BCUT2D eigenvalue weighted by molar-refractivity contribution is 5.83. The van der Waals surface area contributed by atoms with E-state index in [0.29, 0.717) is 23.3 Å². The molecule has 0 aliphatic heterocycles. The molecule has 4 bridgehead atoms. The molecule has 0 heterocycles. The lowest BCUT2D eigenvalue weighted by Gasteiger charge is -2.56. The predicted molar refractivity (Wildman–Crippen MR) is 125 cm³/mol. The number of hydrazone groups is 1. The Kier molecular flexibility index (Phi) is 6.66. The van der Waals surface area contributed by atoms with Gasteiger partial charge in [-0.2, -0.15) is 13.9 Å². The Labute approximate surface area is 206 Å². The number of halogens is 4. The Hall–Kier alpha value is -3.10. The minimum Gasteiger partial charge on any atom is -0.496 e. The minimum atomic E-state index is -1.62. The molecule has 1 amide bonds. The van der Waals surface area contributed by atoms with Crippen LogP contribution in [0, 0.1) is 46.4 Å². The topological polar surface area (TPSA) is 59.9 Å². The predicted octanol–water partition coefficient (Wildman–Crippen LogP) is 5.89. The molecular formula is C27H28F4N2O3. The highest BCUT2D eigenvalue weighted by atomic mass is 19.2. The third kappa shape index (κ3) is 4.92. The van der Waals surface area contributed by atoms with Crippen LogP contribution in [0.2, 0.25) is 0 Å². The van der Waals surface area contributed by atoms with Crippen LogP contribution in [0.15, 0.2) is 29.4 Å². The van der Waals surface area contributed by atoms with Crippen molar-refractivity contribution in [1.29, 1.82) is 0 Å². The molecule has 0 aromatic heterocycles. The molecule has 5 nitrogen and oxygen atoms in total. The van der Waals surface area contributed by atoms with E-state index in [2.05, 4.69) is 10.5 Å². The molecule has 4 saturated carbocycles. The van der Waals surface area contributed by atoms with Crippen LogP contribution < -0.4 is 14.9 Å². The maximum Gasteiger partial charge on any atom is 0.240 e. The number of rotatable bonds is 8. The van der Waals surface area contributed by atoms with Crippen LogP contribution in [-0.4, -0.2) is 19.2 Å². The van der Waals surface area contributed by atoms with Gasteiger partial charge in [-0.3, -0.25) is 4.79 Å². The van der Waals surface area contributed by atoms with Gasteiger partial charge in [0, 0.05) is 18.1 Å². The molecule has 4 aliphatic rings. The first-order chi connectivity index (χ1) is 17.2. The first-order valence-electron chi connectivity index (χ1n) is 12.2. The standard InChI is InChI=1S/C27H28F4N2O3/c1-35-22-3-2-15(7-19(22)14-36-26-24(30)20(28)8-21(29)25(26)31)13-32-33-23(34)12-27-9-16-4-17(10-27)6-18(5-16)11-27/h2-3,7-8,13,16-18H,4-6,9-12,14H2,1H3,(H,33,34)/b32-13-. The summed E-state index contributed by atoms with van der Waals surface area (Å²) in [5.74, 6) is -4.97. The van der Waals surface area contributed by atoms with Gasteiger partial charge >= 0.3 is 0 Å². The van der Waals surface area contributed by atoms with Crippen LogP contribution >= 0.6 is 0 Å². The summed E-state index contributed by atoms with van der Waals surface area (Å²) in [5.41, 5.74) is 3.67. The van der Waals surface area contributed by atoms with Crippen LogP contribution in [0.1, 0.15) is 56.1 Å². The van der Waals surface area contributed by atoms with Crippen molar-refractivity contribution in [2.24, 2.45) is 28.3 Å². The summed E-state index contributed by atoms with van der Waals surface area (Å²) in [7, 11) is 1.40. The molecule has 9 heteroatoms. The van der Waals surface area contributed by atoms with Gasteiger partial charge in [0.25, 0.3) is 0 Å². The van der Waals surface area contributed by atoms with Crippen molar-refractivity contribution in [1.82, 2.24) is 5.43 Å². The molecule has 192 valence electrons. The number of carbonyl (C=O) groups is 1. The molecule has 1 N–H and O–H groups in total. The fourth-order valence-electron chi connectivity index (χ4n) is 6.88. The van der Waals surface area contributed by atoms with E-state index in [1.165, 1.54) is 32.6 Å². The summed E-state index contributed by atoms with van der Waals surface area (Å²) < 4.78 is 65.1. The number of amides is 1. The number of nitrogens with zero attached hydrogens (tertiary/aromatic N) is 1. The quantitative estimate of drug-likeness (QED) is 0.211. The van der Waals surface area contributed by atoms with Crippen LogP contribution in [0.4, 0.5) is 17.6 Å². The van der Waals surface area contributed by atoms with Crippen molar-refractivity contribution in [3.8, 4) is 11.5 Å². The van der Waals surface area contributed by atoms with Crippen molar-refractivity contribution in [2.45, 2.75) is 51.6 Å².